The molecule has 2 unspecified atom stereocenters. The van der Waals surface area contributed by atoms with Crippen LogP contribution in [0.25, 0.3) is 0 Å². The third-order valence-electron chi connectivity index (χ3n) is 13.3. The number of aliphatic hydroxyl groups is 2. The fraction of sp³-hybridized carbons (Fsp3) is 0.836. The van der Waals surface area contributed by atoms with Crippen LogP contribution in [0.5, 0.6) is 0 Å². The number of nitrogens with one attached hydrogen (secondary N) is 1. The molecule has 0 spiro atoms. The first-order chi connectivity index (χ1) is 33.0. The Bertz CT molecular complexity index is 1130. The predicted octanol–water partition coefficient (Wildman–Crippen LogP) is 18.2. The molecule has 0 saturated carbocycles. The lowest BCUT2D eigenvalue weighted by molar-refractivity contribution is -0.143. The van der Waals surface area contributed by atoms with Crippen LogP contribution < -0.4 is 5.32 Å². The minimum absolute atomic E-state index is 0.0393. The molecular formula is C61H113NO5. The van der Waals surface area contributed by atoms with Crippen LogP contribution in [0.4, 0.5) is 0 Å². The maximum atomic E-state index is 12.4. The first kappa shape index (κ1) is 64.8. The second kappa shape index (κ2) is 56.4. The van der Waals surface area contributed by atoms with Gasteiger partial charge in [-0.2, -0.15) is 0 Å². The van der Waals surface area contributed by atoms with E-state index in [1.54, 1.807) is 6.08 Å². The molecule has 0 heterocycles. The van der Waals surface area contributed by atoms with Crippen LogP contribution >= 0.6 is 0 Å². The maximum Gasteiger partial charge on any atom is 0.305 e. The summed E-state index contributed by atoms with van der Waals surface area (Å²) in [7, 11) is 0. The lowest BCUT2D eigenvalue weighted by Crippen LogP contribution is -2.45. The first-order valence-electron chi connectivity index (χ1n) is 29.4. The van der Waals surface area contributed by atoms with Gasteiger partial charge in [-0.15, -0.1) is 0 Å². The Morgan fingerprint density at radius 1 is 0.418 bits per heavy atom. The molecule has 0 aromatic heterocycles. The van der Waals surface area contributed by atoms with Crippen molar-refractivity contribution >= 4 is 11.9 Å². The summed E-state index contributed by atoms with van der Waals surface area (Å²) in [6.45, 7) is 4.78. The van der Waals surface area contributed by atoms with E-state index in [1.807, 2.05) is 6.08 Å². The Morgan fingerprint density at radius 2 is 0.746 bits per heavy atom. The zero-order valence-electron chi connectivity index (χ0n) is 44.6. The highest BCUT2D eigenvalue weighted by Gasteiger charge is 2.18. The number of esters is 1. The van der Waals surface area contributed by atoms with Crippen molar-refractivity contribution in [2.75, 3.05) is 13.2 Å². The Kier molecular flexibility index (Phi) is 54.6. The lowest BCUT2D eigenvalue weighted by Gasteiger charge is -2.20. The molecule has 0 rings (SSSR count). The molecule has 67 heavy (non-hydrogen) atoms. The number of hydrogen-bond donors (Lipinski definition) is 3. The van der Waals surface area contributed by atoms with Gasteiger partial charge in [0, 0.05) is 12.8 Å². The summed E-state index contributed by atoms with van der Waals surface area (Å²) in [5, 5.41) is 23.0. The quantitative estimate of drug-likeness (QED) is 0.0321. The number of ether oxygens (including phenoxy) is 1. The van der Waals surface area contributed by atoms with E-state index in [2.05, 4.69) is 55.6 Å². The summed E-state index contributed by atoms with van der Waals surface area (Å²) in [6, 6.07) is -0.631. The van der Waals surface area contributed by atoms with Gasteiger partial charge in [0.05, 0.1) is 25.4 Å². The minimum Gasteiger partial charge on any atom is -0.465 e. The fourth-order valence-electron chi connectivity index (χ4n) is 8.82. The molecule has 1 amide bonds. The number of allylic oxidation sites excluding steroid dienone is 6. The van der Waals surface area contributed by atoms with Gasteiger partial charge in [0.15, 0.2) is 0 Å². The Hall–Kier alpha value is -2.18. The van der Waals surface area contributed by atoms with Crippen LogP contribution in [0.1, 0.15) is 303 Å². The smallest absolute Gasteiger partial charge is 0.305 e. The van der Waals surface area contributed by atoms with Crippen LogP contribution in [0.15, 0.2) is 48.6 Å². The van der Waals surface area contributed by atoms with Gasteiger partial charge >= 0.3 is 5.97 Å². The largest absolute Gasteiger partial charge is 0.465 e. The number of unbranched alkanes of at least 4 members (excludes halogenated alkanes) is 37. The maximum absolute atomic E-state index is 12.4. The van der Waals surface area contributed by atoms with Gasteiger partial charge in [0.2, 0.25) is 5.91 Å². The van der Waals surface area contributed by atoms with Crippen LogP contribution in [0, 0.1) is 0 Å². The number of amides is 1. The summed E-state index contributed by atoms with van der Waals surface area (Å²) in [4.78, 5) is 24.5. The van der Waals surface area contributed by atoms with E-state index < -0.39 is 12.1 Å². The topological polar surface area (TPSA) is 95.9 Å². The number of carbonyl (C=O) groups excluding carboxylic acids is 2. The van der Waals surface area contributed by atoms with Gasteiger partial charge < -0.3 is 20.3 Å². The van der Waals surface area contributed by atoms with Crippen molar-refractivity contribution in [2.45, 2.75) is 315 Å². The van der Waals surface area contributed by atoms with Crippen molar-refractivity contribution in [3.63, 3.8) is 0 Å². The highest BCUT2D eigenvalue weighted by molar-refractivity contribution is 5.76. The molecule has 0 aromatic rings. The van der Waals surface area contributed by atoms with Gasteiger partial charge in [0.25, 0.3) is 0 Å². The lowest BCUT2D eigenvalue weighted by atomic mass is 10.0. The molecule has 2 atom stereocenters. The van der Waals surface area contributed by atoms with Gasteiger partial charge in [-0.1, -0.05) is 262 Å². The highest BCUT2D eigenvalue weighted by atomic mass is 16.5. The van der Waals surface area contributed by atoms with Crippen molar-refractivity contribution in [3.8, 4) is 0 Å². The molecule has 0 aromatic carbocycles. The monoisotopic (exact) mass is 940 g/mol. The number of aliphatic hydroxyl groups excluding tert-OH is 2. The summed E-state index contributed by atoms with van der Waals surface area (Å²) in [6.07, 6.45) is 71.6. The summed E-state index contributed by atoms with van der Waals surface area (Å²) in [5.74, 6) is -0.114. The Morgan fingerprint density at radius 3 is 1.15 bits per heavy atom. The Balaban J connectivity index is 3.46. The molecule has 0 aliphatic heterocycles. The average molecular weight is 941 g/mol. The molecule has 0 fully saturated rings. The number of hydrogen-bond acceptors (Lipinski definition) is 5. The predicted molar refractivity (Wildman–Crippen MR) is 292 cm³/mol. The molecule has 0 aliphatic rings. The van der Waals surface area contributed by atoms with E-state index >= 15 is 0 Å². The van der Waals surface area contributed by atoms with Crippen LogP contribution in [-0.2, 0) is 14.3 Å². The van der Waals surface area contributed by atoms with Crippen LogP contribution in [0.2, 0.25) is 0 Å². The van der Waals surface area contributed by atoms with Crippen molar-refractivity contribution < 1.29 is 24.5 Å². The summed E-state index contributed by atoms with van der Waals surface area (Å²) >= 11 is 0. The van der Waals surface area contributed by atoms with E-state index in [1.165, 1.54) is 225 Å². The number of rotatable bonds is 54. The molecule has 3 N–H and O–H groups in total. The summed E-state index contributed by atoms with van der Waals surface area (Å²) < 4.78 is 5.42. The molecule has 0 radical (unpaired) electrons. The number of carbonyl (C=O) groups is 2. The van der Waals surface area contributed by atoms with E-state index in [4.69, 9.17) is 4.74 Å². The van der Waals surface area contributed by atoms with Crippen molar-refractivity contribution in [2.24, 2.45) is 0 Å². The molecule has 6 heteroatoms. The zero-order valence-corrected chi connectivity index (χ0v) is 44.6. The molecule has 6 nitrogen and oxygen atoms in total. The average Bonchev–Trinajstić information content (AvgIpc) is 3.33. The normalized spacial score (nSPS) is 13.0. The molecule has 392 valence electrons. The van der Waals surface area contributed by atoms with Crippen LogP contribution in [0.3, 0.4) is 0 Å². The molecule has 0 saturated heterocycles. The van der Waals surface area contributed by atoms with Gasteiger partial charge in [-0.05, 0) is 77.0 Å². The van der Waals surface area contributed by atoms with Gasteiger partial charge in [-0.3, -0.25) is 9.59 Å². The van der Waals surface area contributed by atoms with E-state index in [0.717, 1.165) is 51.4 Å². The zero-order chi connectivity index (χ0) is 48.6. The van der Waals surface area contributed by atoms with E-state index in [0.29, 0.717) is 19.4 Å². The summed E-state index contributed by atoms with van der Waals surface area (Å²) in [5.41, 5.74) is 0. The van der Waals surface area contributed by atoms with E-state index in [9.17, 15) is 19.8 Å². The van der Waals surface area contributed by atoms with Crippen molar-refractivity contribution in [1.82, 2.24) is 5.32 Å². The molecular weight excluding hydrogens is 827 g/mol. The second-order valence-electron chi connectivity index (χ2n) is 20.0. The fourth-order valence-corrected chi connectivity index (χ4v) is 8.82. The van der Waals surface area contributed by atoms with Crippen molar-refractivity contribution in [1.29, 1.82) is 0 Å². The van der Waals surface area contributed by atoms with Crippen LogP contribution in [-0.4, -0.2) is 47.4 Å². The first-order valence-corrected chi connectivity index (χ1v) is 29.4. The molecule has 0 aliphatic carbocycles. The minimum atomic E-state index is -0.847. The van der Waals surface area contributed by atoms with Crippen molar-refractivity contribution in [3.05, 3.63) is 48.6 Å². The highest BCUT2D eigenvalue weighted by Crippen LogP contribution is 2.16. The second-order valence-corrected chi connectivity index (χ2v) is 20.0. The molecule has 0 bridgehead atoms. The standard InChI is InChI=1S/C61H113NO5/c1-3-5-7-9-11-13-15-16-17-18-25-28-31-35-39-43-47-51-55-61(66)67-56-52-48-44-40-36-32-29-26-23-21-19-20-22-24-27-30-34-38-42-46-50-54-60(65)62-58(57-63)59(64)53-49-45-41-37-33-14-12-10-8-6-4-2/h17-18,32,36,44,48-49,53,58-59,63-64H,3-16,19-31,33-35,37-43,45-47,50-52,54-57H2,1-2H3,(H,62,65)/b18-17-,36-32-,48-44-,53-49+. The van der Waals surface area contributed by atoms with Gasteiger partial charge in [0.1, 0.15) is 0 Å². The third kappa shape index (κ3) is 53.0. The van der Waals surface area contributed by atoms with Gasteiger partial charge in [-0.25, -0.2) is 0 Å². The Labute approximate surface area is 416 Å². The SMILES string of the molecule is CCCCCCCCC/C=C\CCCCCCCCCC(=O)OCC/C=C\C/C=C\CCCCCCCCCCCCCCCCC(=O)NC(CO)C(O)/C=C/CCCCCCCCCCC. The third-order valence-corrected chi connectivity index (χ3v) is 13.3. The van der Waals surface area contributed by atoms with E-state index in [-0.39, 0.29) is 18.5 Å².